The number of hydrogen-bond acceptors (Lipinski definition) is 4. The van der Waals surface area contributed by atoms with E-state index >= 15 is 0 Å². The number of benzene rings is 1. The van der Waals surface area contributed by atoms with Crippen molar-refractivity contribution in [3.8, 4) is 0 Å². The Kier molecular flexibility index (Phi) is 7.49. The van der Waals surface area contributed by atoms with Crippen molar-refractivity contribution in [1.82, 2.24) is 9.80 Å². The molecular formula is C21H26ClF3N2O4. The minimum absolute atomic E-state index is 0.122. The van der Waals surface area contributed by atoms with Gasteiger partial charge in [-0.3, -0.25) is 9.69 Å². The number of carbonyl (C=O) groups excluding carboxylic acids is 1. The second-order valence-electron chi connectivity index (χ2n) is 8.32. The number of carbonyl (C=O) groups is 2. The Morgan fingerprint density at radius 2 is 1.68 bits per heavy atom. The number of likely N-dealkylation sites (tertiary alicyclic amines) is 1. The molecule has 1 aromatic rings. The highest BCUT2D eigenvalue weighted by Gasteiger charge is 2.48. The maximum atomic E-state index is 12.6. The van der Waals surface area contributed by atoms with Crippen molar-refractivity contribution in [2.45, 2.75) is 37.9 Å². The first-order valence-corrected chi connectivity index (χ1v) is 10.6. The zero-order valence-electron chi connectivity index (χ0n) is 17.0. The number of morpholine rings is 1. The molecule has 3 fully saturated rings. The molecule has 1 amide bonds. The van der Waals surface area contributed by atoms with Gasteiger partial charge in [-0.2, -0.15) is 13.2 Å². The molecule has 0 atom stereocenters. The van der Waals surface area contributed by atoms with Crippen LogP contribution in [0.1, 0.15) is 36.0 Å². The van der Waals surface area contributed by atoms with Gasteiger partial charge >= 0.3 is 12.1 Å². The third kappa shape index (κ3) is 6.11. The summed E-state index contributed by atoms with van der Waals surface area (Å²) in [5.41, 5.74) is 1.19. The number of ether oxygens (including phenoxy) is 1. The first-order valence-electron chi connectivity index (χ1n) is 10.3. The Balaban J connectivity index is 0.000000339. The Labute approximate surface area is 183 Å². The van der Waals surface area contributed by atoms with Crippen molar-refractivity contribution in [3.05, 3.63) is 34.9 Å². The summed E-state index contributed by atoms with van der Waals surface area (Å²) >= 11 is 6.01. The normalized spacial score (nSPS) is 21.7. The molecule has 10 heteroatoms. The van der Waals surface area contributed by atoms with Gasteiger partial charge in [0.25, 0.3) is 5.91 Å². The van der Waals surface area contributed by atoms with Crippen molar-refractivity contribution in [1.29, 1.82) is 0 Å². The quantitative estimate of drug-likeness (QED) is 0.726. The van der Waals surface area contributed by atoms with Crippen molar-refractivity contribution in [3.63, 3.8) is 0 Å². The van der Waals surface area contributed by atoms with E-state index in [-0.39, 0.29) is 5.91 Å². The number of rotatable bonds is 2. The Morgan fingerprint density at radius 3 is 2.19 bits per heavy atom. The largest absolute Gasteiger partial charge is 0.490 e. The number of piperidine rings is 1. The van der Waals surface area contributed by atoms with E-state index in [1.807, 2.05) is 23.1 Å². The van der Waals surface area contributed by atoms with Gasteiger partial charge in [0, 0.05) is 42.8 Å². The second-order valence-corrected chi connectivity index (χ2v) is 8.75. The summed E-state index contributed by atoms with van der Waals surface area (Å²) < 4.78 is 37.2. The van der Waals surface area contributed by atoms with Gasteiger partial charge < -0.3 is 14.7 Å². The summed E-state index contributed by atoms with van der Waals surface area (Å²) in [6.07, 6.45) is -0.210. The predicted octanol–water partition coefficient (Wildman–Crippen LogP) is 3.69. The minimum atomic E-state index is -5.08. The monoisotopic (exact) mass is 462 g/mol. The molecule has 3 aliphatic rings. The summed E-state index contributed by atoms with van der Waals surface area (Å²) in [6, 6.07) is 8.02. The van der Waals surface area contributed by atoms with E-state index in [1.54, 1.807) is 6.07 Å². The van der Waals surface area contributed by atoms with Crippen LogP contribution in [0.15, 0.2) is 24.3 Å². The van der Waals surface area contributed by atoms with Gasteiger partial charge in [-0.15, -0.1) is 0 Å². The molecule has 0 bridgehead atoms. The number of nitrogens with zero attached hydrogens (tertiary/aromatic N) is 2. The fourth-order valence-electron chi connectivity index (χ4n) is 4.54. The summed E-state index contributed by atoms with van der Waals surface area (Å²) in [5, 5.41) is 7.75. The van der Waals surface area contributed by atoms with Gasteiger partial charge in [0.2, 0.25) is 0 Å². The lowest BCUT2D eigenvalue weighted by Gasteiger charge is -2.55. The maximum absolute atomic E-state index is 12.6. The molecule has 6 nitrogen and oxygen atoms in total. The van der Waals surface area contributed by atoms with Crippen molar-refractivity contribution < 1.29 is 32.6 Å². The molecule has 31 heavy (non-hydrogen) atoms. The highest BCUT2D eigenvalue weighted by atomic mass is 35.5. The SMILES string of the molecule is O=C(O)C(F)(F)F.O=C(c1cccc(Cl)c1)N1CCC2(CC1)CC(N1CCOCC1)C2. The summed E-state index contributed by atoms with van der Waals surface area (Å²) in [4.78, 5) is 26.1. The molecule has 2 saturated heterocycles. The zero-order chi connectivity index (χ0) is 22.6. The molecule has 0 aromatic heterocycles. The molecule has 0 radical (unpaired) electrons. The number of alkyl halides is 3. The predicted molar refractivity (Wildman–Crippen MR) is 108 cm³/mol. The van der Waals surface area contributed by atoms with Crippen LogP contribution in [0.25, 0.3) is 0 Å². The number of carboxylic acids is 1. The molecule has 1 saturated carbocycles. The number of hydrogen-bond donors (Lipinski definition) is 1. The molecule has 4 rings (SSSR count). The van der Waals surface area contributed by atoms with Gasteiger partial charge in [0.1, 0.15) is 0 Å². The lowest BCUT2D eigenvalue weighted by molar-refractivity contribution is -0.192. The fourth-order valence-corrected chi connectivity index (χ4v) is 4.73. The van der Waals surface area contributed by atoms with Crippen molar-refractivity contribution in [2.75, 3.05) is 39.4 Å². The summed E-state index contributed by atoms with van der Waals surface area (Å²) in [7, 11) is 0. The maximum Gasteiger partial charge on any atom is 0.490 e. The second kappa shape index (κ2) is 9.75. The third-order valence-electron chi connectivity index (χ3n) is 6.32. The van der Waals surface area contributed by atoms with Crippen molar-refractivity contribution >= 4 is 23.5 Å². The van der Waals surface area contributed by atoms with E-state index in [4.69, 9.17) is 26.2 Å². The zero-order valence-corrected chi connectivity index (χ0v) is 17.8. The molecule has 1 aliphatic carbocycles. The van der Waals surface area contributed by atoms with Crippen molar-refractivity contribution in [2.24, 2.45) is 5.41 Å². The van der Waals surface area contributed by atoms with Crippen LogP contribution in [-0.4, -0.2) is 78.4 Å². The third-order valence-corrected chi connectivity index (χ3v) is 6.56. The number of halogens is 4. The van der Waals surface area contributed by atoms with E-state index in [0.29, 0.717) is 16.0 Å². The van der Waals surface area contributed by atoms with Crippen LogP contribution in [0, 0.1) is 5.41 Å². The summed E-state index contributed by atoms with van der Waals surface area (Å²) in [6.45, 7) is 5.68. The first kappa shape index (κ1) is 23.8. The topological polar surface area (TPSA) is 70.1 Å². The molecule has 1 spiro atoms. The molecule has 2 aliphatic heterocycles. The lowest BCUT2D eigenvalue weighted by atomic mass is 9.60. The Bertz CT molecular complexity index is 783. The average molecular weight is 463 g/mol. The van der Waals surface area contributed by atoms with Crippen LogP contribution in [-0.2, 0) is 9.53 Å². The van der Waals surface area contributed by atoms with E-state index in [9.17, 15) is 18.0 Å². The van der Waals surface area contributed by atoms with Crippen LogP contribution in [0.3, 0.4) is 0 Å². The summed E-state index contributed by atoms with van der Waals surface area (Å²) in [5.74, 6) is -2.64. The van der Waals surface area contributed by atoms with E-state index in [0.717, 1.165) is 58.3 Å². The molecule has 172 valence electrons. The molecule has 2 heterocycles. The lowest BCUT2D eigenvalue weighted by Crippen LogP contribution is -2.57. The molecule has 0 unspecified atom stereocenters. The smallest absolute Gasteiger partial charge is 0.475 e. The van der Waals surface area contributed by atoms with Gasteiger partial charge in [0.05, 0.1) is 13.2 Å². The van der Waals surface area contributed by atoms with Gasteiger partial charge in [-0.25, -0.2) is 4.79 Å². The Hall–Kier alpha value is -1.84. The molecular weight excluding hydrogens is 437 g/mol. The van der Waals surface area contributed by atoms with Crippen LogP contribution in [0.2, 0.25) is 5.02 Å². The van der Waals surface area contributed by atoms with Crippen LogP contribution in [0.5, 0.6) is 0 Å². The fraction of sp³-hybridized carbons (Fsp3) is 0.619. The number of aliphatic carboxylic acids is 1. The number of amides is 1. The molecule has 1 aromatic carbocycles. The minimum Gasteiger partial charge on any atom is -0.475 e. The number of carboxylic acid groups (broad SMARTS) is 1. The van der Waals surface area contributed by atoms with Crippen LogP contribution >= 0.6 is 11.6 Å². The van der Waals surface area contributed by atoms with Gasteiger partial charge in [-0.1, -0.05) is 17.7 Å². The standard InChI is InChI=1S/C19H25ClN2O2.C2HF3O2/c20-16-3-1-2-15(12-16)18(23)22-6-4-19(5-7-22)13-17(14-19)21-8-10-24-11-9-21;3-2(4,5)1(6)7/h1-3,12,17H,4-11,13-14H2;(H,6,7). The average Bonchev–Trinajstić information content (AvgIpc) is 2.72. The highest BCUT2D eigenvalue weighted by Crippen LogP contribution is 2.51. The van der Waals surface area contributed by atoms with E-state index in [1.165, 1.54) is 12.8 Å². The Morgan fingerprint density at radius 1 is 1.10 bits per heavy atom. The van der Waals surface area contributed by atoms with Gasteiger partial charge in [0.15, 0.2) is 0 Å². The first-order chi connectivity index (χ1) is 14.6. The van der Waals surface area contributed by atoms with Gasteiger partial charge in [-0.05, 0) is 49.3 Å². The van der Waals surface area contributed by atoms with Crippen LogP contribution < -0.4 is 0 Å². The van der Waals surface area contributed by atoms with E-state index < -0.39 is 12.1 Å². The molecule has 1 N–H and O–H groups in total. The van der Waals surface area contributed by atoms with Crippen LogP contribution in [0.4, 0.5) is 13.2 Å². The van der Waals surface area contributed by atoms with E-state index in [2.05, 4.69) is 4.90 Å². The highest BCUT2D eigenvalue weighted by molar-refractivity contribution is 6.30.